The van der Waals surface area contributed by atoms with Crippen LogP contribution in [0.25, 0.3) is 6.08 Å². The number of phenolic OH excluding ortho intramolecular Hbond substituents is 1. The number of carbonyl (C=O) groups excluding carboxylic acids is 2. The molecule has 2 N–H and O–H groups in total. The molecular formula is C24H27ClN2O3. The number of nitrogens with one attached hydrogen (secondary N) is 1. The first-order chi connectivity index (χ1) is 13.8. The lowest BCUT2D eigenvalue weighted by molar-refractivity contribution is -0.113. The molecule has 0 bridgehead atoms. The summed E-state index contributed by atoms with van der Waals surface area (Å²) in [6.45, 7) is 12.1. The highest BCUT2D eigenvalue weighted by Gasteiger charge is 2.35. The van der Waals surface area contributed by atoms with E-state index in [0.717, 1.165) is 21.6 Å². The number of rotatable bonds is 2. The van der Waals surface area contributed by atoms with Crippen molar-refractivity contribution in [2.75, 3.05) is 4.90 Å². The SMILES string of the molecule is CC(C)(C)c1cc(/C=C2/NC(=O)N(c3ccc(Cl)cc3)C2=O)cc(C(C)(C)C)c1O. The molecule has 0 atom stereocenters. The number of nitrogens with zero attached hydrogens (tertiary/aromatic N) is 1. The third-order valence-electron chi connectivity index (χ3n) is 5.02. The van der Waals surface area contributed by atoms with E-state index in [-0.39, 0.29) is 22.3 Å². The van der Waals surface area contributed by atoms with Gasteiger partial charge in [-0.3, -0.25) is 4.79 Å². The summed E-state index contributed by atoms with van der Waals surface area (Å²) in [5.74, 6) is -0.174. The fourth-order valence-corrected chi connectivity index (χ4v) is 3.54. The number of hydrogen-bond acceptors (Lipinski definition) is 3. The summed E-state index contributed by atoms with van der Waals surface area (Å²) in [4.78, 5) is 26.5. The Bertz CT molecular complexity index is 1010. The zero-order valence-electron chi connectivity index (χ0n) is 18.1. The summed E-state index contributed by atoms with van der Waals surface area (Å²) < 4.78 is 0. The number of imide groups is 1. The molecule has 0 unspecified atom stereocenters. The Kier molecular flexibility index (Phi) is 5.46. The van der Waals surface area contributed by atoms with E-state index >= 15 is 0 Å². The van der Waals surface area contributed by atoms with Crippen molar-refractivity contribution >= 4 is 35.3 Å². The standard InChI is InChI=1S/C24H27ClN2O3/c1-23(2,3)17-11-14(12-18(20(17)28)24(4,5)6)13-19-21(29)27(22(30)26-19)16-9-7-15(25)8-10-16/h7-13,28H,1-6H3,(H,26,30)/b19-13+. The van der Waals surface area contributed by atoms with Crippen molar-refractivity contribution in [3.05, 3.63) is 63.8 Å². The number of carbonyl (C=O) groups is 2. The minimum atomic E-state index is -0.514. The fraction of sp³-hybridized carbons (Fsp3) is 0.333. The van der Waals surface area contributed by atoms with Crippen LogP contribution in [0.5, 0.6) is 5.75 Å². The van der Waals surface area contributed by atoms with E-state index < -0.39 is 11.9 Å². The van der Waals surface area contributed by atoms with E-state index in [1.165, 1.54) is 0 Å². The van der Waals surface area contributed by atoms with Crippen LogP contribution < -0.4 is 10.2 Å². The number of hydrogen-bond donors (Lipinski definition) is 2. The van der Waals surface area contributed by atoms with Crippen molar-refractivity contribution in [2.45, 2.75) is 52.4 Å². The highest BCUT2D eigenvalue weighted by Crippen LogP contribution is 2.40. The second kappa shape index (κ2) is 7.47. The number of amides is 3. The van der Waals surface area contributed by atoms with Crippen LogP contribution in [-0.2, 0) is 15.6 Å². The molecule has 1 fully saturated rings. The van der Waals surface area contributed by atoms with Gasteiger partial charge in [0.2, 0.25) is 0 Å². The maximum absolute atomic E-state index is 12.9. The first-order valence-corrected chi connectivity index (χ1v) is 10.2. The van der Waals surface area contributed by atoms with Gasteiger partial charge in [0.1, 0.15) is 11.4 Å². The number of benzene rings is 2. The second-order valence-corrected chi connectivity index (χ2v) is 10.0. The Morgan fingerprint density at radius 1 is 0.933 bits per heavy atom. The van der Waals surface area contributed by atoms with Crippen molar-refractivity contribution in [2.24, 2.45) is 0 Å². The van der Waals surface area contributed by atoms with Crippen molar-refractivity contribution in [1.29, 1.82) is 0 Å². The van der Waals surface area contributed by atoms with Gasteiger partial charge < -0.3 is 10.4 Å². The molecule has 3 amide bonds. The minimum Gasteiger partial charge on any atom is -0.507 e. The zero-order valence-corrected chi connectivity index (χ0v) is 18.9. The quantitative estimate of drug-likeness (QED) is 0.475. The lowest BCUT2D eigenvalue weighted by Gasteiger charge is -2.28. The molecule has 1 saturated heterocycles. The van der Waals surface area contributed by atoms with Crippen LogP contribution in [0.4, 0.5) is 10.5 Å². The smallest absolute Gasteiger partial charge is 0.333 e. The summed E-state index contributed by atoms with van der Waals surface area (Å²) in [6, 6.07) is 9.72. The van der Waals surface area contributed by atoms with Crippen molar-refractivity contribution in [3.63, 3.8) is 0 Å². The molecule has 0 aliphatic carbocycles. The molecule has 158 valence electrons. The molecule has 2 aromatic carbocycles. The van der Waals surface area contributed by atoms with Gasteiger partial charge in [-0.2, -0.15) is 0 Å². The summed E-state index contributed by atoms with van der Waals surface area (Å²) in [6.07, 6.45) is 1.65. The summed E-state index contributed by atoms with van der Waals surface area (Å²) >= 11 is 5.91. The van der Waals surface area contributed by atoms with Crippen LogP contribution in [0.1, 0.15) is 58.2 Å². The van der Waals surface area contributed by atoms with Gasteiger partial charge in [0.05, 0.1) is 5.69 Å². The third-order valence-corrected chi connectivity index (χ3v) is 5.27. The van der Waals surface area contributed by atoms with E-state index in [1.807, 2.05) is 53.7 Å². The monoisotopic (exact) mass is 426 g/mol. The Labute approximate surface area is 182 Å². The van der Waals surface area contributed by atoms with E-state index in [1.54, 1.807) is 30.3 Å². The van der Waals surface area contributed by atoms with Crippen LogP contribution in [0.15, 0.2) is 42.1 Å². The van der Waals surface area contributed by atoms with Crippen molar-refractivity contribution in [1.82, 2.24) is 5.32 Å². The summed E-state index contributed by atoms with van der Waals surface area (Å²) in [7, 11) is 0. The molecule has 5 nitrogen and oxygen atoms in total. The van der Waals surface area contributed by atoms with Crippen LogP contribution in [0.3, 0.4) is 0 Å². The topological polar surface area (TPSA) is 69.6 Å². The van der Waals surface area contributed by atoms with Crippen LogP contribution >= 0.6 is 11.6 Å². The second-order valence-electron chi connectivity index (χ2n) is 9.57. The van der Waals surface area contributed by atoms with Gasteiger partial charge in [-0.25, -0.2) is 9.69 Å². The maximum Gasteiger partial charge on any atom is 0.333 e. The number of urea groups is 1. The van der Waals surface area contributed by atoms with Gasteiger partial charge in [0.25, 0.3) is 5.91 Å². The number of phenols is 1. The highest BCUT2D eigenvalue weighted by molar-refractivity contribution is 6.31. The molecule has 6 heteroatoms. The fourth-order valence-electron chi connectivity index (χ4n) is 3.41. The van der Waals surface area contributed by atoms with Gasteiger partial charge >= 0.3 is 6.03 Å². The average molecular weight is 427 g/mol. The Morgan fingerprint density at radius 3 is 1.90 bits per heavy atom. The molecule has 0 saturated carbocycles. The van der Waals surface area contributed by atoms with Crippen LogP contribution in [0, 0.1) is 0 Å². The van der Waals surface area contributed by atoms with Gasteiger partial charge in [0.15, 0.2) is 0 Å². The van der Waals surface area contributed by atoms with E-state index in [0.29, 0.717) is 10.7 Å². The molecule has 30 heavy (non-hydrogen) atoms. The van der Waals surface area contributed by atoms with Gasteiger partial charge in [-0.1, -0.05) is 53.1 Å². The first kappa shape index (κ1) is 21.9. The maximum atomic E-state index is 12.9. The predicted octanol–water partition coefficient (Wildman–Crippen LogP) is 5.74. The molecule has 1 aliphatic rings. The third kappa shape index (κ3) is 4.21. The van der Waals surface area contributed by atoms with Gasteiger partial charge in [-0.15, -0.1) is 0 Å². The molecule has 2 aromatic rings. The molecule has 1 aliphatic heterocycles. The first-order valence-electron chi connectivity index (χ1n) is 9.80. The molecule has 0 aromatic heterocycles. The minimum absolute atomic E-state index is 0.181. The zero-order chi connectivity index (χ0) is 22.4. The van der Waals surface area contributed by atoms with Gasteiger partial charge in [0, 0.05) is 16.1 Å². The van der Waals surface area contributed by atoms with Crippen LogP contribution in [0.2, 0.25) is 5.02 Å². The van der Waals surface area contributed by atoms with Crippen LogP contribution in [-0.4, -0.2) is 17.0 Å². The van der Waals surface area contributed by atoms with Gasteiger partial charge in [-0.05, 0) is 58.9 Å². The lowest BCUT2D eigenvalue weighted by atomic mass is 9.78. The molecular weight excluding hydrogens is 400 g/mol. The predicted molar refractivity (Wildman–Crippen MR) is 121 cm³/mol. The normalized spacial score (nSPS) is 16.4. The summed E-state index contributed by atoms with van der Waals surface area (Å²) in [5.41, 5.74) is 2.35. The molecule has 1 heterocycles. The van der Waals surface area contributed by atoms with E-state index in [9.17, 15) is 14.7 Å². The van der Waals surface area contributed by atoms with E-state index in [2.05, 4.69) is 5.32 Å². The molecule has 0 radical (unpaired) electrons. The highest BCUT2D eigenvalue weighted by atomic mass is 35.5. The molecule has 3 rings (SSSR count). The Balaban J connectivity index is 2.07. The van der Waals surface area contributed by atoms with Crippen molar-refractivity contribution < 1.29 is 14.7 Å². The Hall–Kier alpha value is -2.79. The summed E-state index contributed by atoms with van der Waals surface area (Å²) in [5, 5.41) is 14.0. The van der Waals surface area contributed by atoms with Crippen molar-refractivity contribution in [3.8, 4) is 5.75 Å². The van der Waals surface area contributed by atoms with E-state index in [4.69, 9.17) is 11.6 Å². The number of halogens is 1. The number of anilines is 1. The largest absolute Gasteiger partial charge is 0.507 e. The Morgan fingerprint density at radius 2 is 1.43 bits per heavy atom. The lowest BCUT2D eigenvalue weighted by Crippen LogP contribution is -2.30. The molecule has 0 spiro atoms. The number of aromatic hydroxyl groups is 1. The average Bonchev–Trinajstić information content (AvgIpc) is 2.89.